The average Bonchev–Trinajstić information content (AvgIpc) is 2.66. The lowest BCUT2D eigenvalue weighted by atomic mass is 10.1. The molecule has 1 rings (SSSR count). The molecule has 0 aliphatic heterocycles. The summed E-state index contributed by atoms with van der Waals surface area (Å²) in [5.41, 5.74) is 3.16. The molecule has 1 fully saturated rings. The predicted octanol–water partition coefficient (Wildman–Crippen LogP) is 3.00. The van der Waals surface area contributed by atoms with E-state index in [0.717, 1.165) is 0 Å². The lowest BCUT2D eigenvalue weighted by molar-refractivity contribution is -0.138. The molecular weight excluding hydrogens is 176 g/mol. The van der Waals surface area contributed by atoms with E-state index in [1.807, 2.05) is 6.92 Å². The Morgan fingerprint density at radius 3 is 2.43 bits per heavy atom. The Labute approximate surface area is 85.6 Å². The smallest absolute Gasteiger partial charge is 0.333 e. The molecule has 0 unspecified atom stereocenters. The minimum absolute atomic E-state index is 0.289. The van der Waals surface area contributed by atoms with Crippen molar-refractivity contribution in [1.29, 1.82) is 0 Å². The standard InChI is InChI=1S/C12H18O2/c1-9(2)12(13)14-8-10(3)11-6-4-5-7-11/h1,4-8H2,2-3H3. The summed E-state index contributed by atoms with van der Waals surface area (Å²) in [6.45, 7) is 7.69. The van der Waals surface area contributed by atoms with Gasteiger partial charge in [-0.2, -0.15) is 0 Å². The van der Waals surface area contributed by atoms with Gasteiger partial charge in [-0.05, 0) is 45.1 Å². The Morgan fingerprint density at radius 2 is 1.93 bits per heavy atom. The number of rotatable bonds is 3. The van der Waals surface area contributed by atoms with Crippen molar-refractivity contribution in [3.8, 4) is 0 Å². The zero-order valence-corrected chi connectivity index (χ0v) is 9.06. The SMILES string of the molecule is C=C(C)C(=O)OCC(C)=C1CCCC1. The van der Waals surface area contributed by atoms with E-state index in [1.165, 1.54) is 36.8 Å². The third-order valence-electron chi connectivity index (χ3n) is 2.58. The van der Waals surface area contributed by atoms with E-state index < -0.39 is 0 Å². The van der Waals surface area contributed by atoms with Crippen molar-refractivity contribution in [2.24, 2.45) is 0 Å². The van der Waals surface area contributed by atoms with Crippen molar-refractivity contribution in [1.82, 2.24) is 0 Å². The third kappa shape index (κ3) is 3.02. The molecule has 0 aromatic heterocycles. The fourth-order valence-electron chi connectivity index (χ4n) is 1.63. The van der Waals surface area contributed by atoms with E-state index in [2.05, 4.69) is 6.58 Å². The molecule has 0 saturated heterocycles. The fourth-order valence-corrected chi connectivity index (χ4v) is 1.63. The van der Waals surface area contributed by atoms with Gasteiger partial charge in [-0.1, -0.05) is 12.2 Å². The van der Waals surface area contributed by atoms with Crippen LogP contribution in [0.5, 0.6) is 0 Å². The van der Waals surface area contributed by atoms with Gasteiger partial charge >= 0.3 is 5.97 Å². The lowest BCUT2D eigenvalue weighted by Gasteiger charge is -2.07. The van der Waals surface area contributed by atoms with Crippen molar-refractivity contribution >= 4 is 5.97 Å². The number of carbonyl (C=O) groups excluding carboxylic acids is 1. The predicted molar refractivity (Wildman–Crippen MR) is 56.9 cm³/mol. The Morgan fingerprint density at radius 1 is 1.36 bits per heavy atom. The number of hydrogen-bond acceptors (Lipinski definition) is 2. The highest BCUT2D eigenvalue weighted by Crippen LogP contribution is 2.26. The van der Waals surface area contributed by atoms with Gasteiger partial charge in [0.15, 0.2) is 0 Å². The van der Waals surface area contributed by atoms with E-state index >= 15 is 0 Å². The highest BCUT2D eigenvalue weighted by molar-refractivity contribution is 5.87. The van der Waals surface area contributed by atoms with Crippen LogP contribution in [-0.2, 0) is 9.53 Å². The van der Waals surface area contributed by atoms with E-state index in [0.29, 0.717) is 12.2 Å². The van der Waals surface area contributed by atoms with Crippen LogP contribution in [0.15, 0.2) is 23.3 Å². The Hall–Kier alpha value is -1.05. The zero-order valence-electron chi connectivity index (χ0n) is 9.06. The van der Waals surface area contributed by atoms with Gasteiger partial charge in [-0.15, -0.1) is 0 Å². The molecule has 0 heterocycles. The summed E-state index contributed by atoms with van der Waals surface area (Å²) in [7, 11) is 0. The van der Waals surface area contributed by atoms with Crippen LogP contribution in [0.25, 0.3) is 0 Å². The van der Waals surface area contributed by atoms with Crippen LogP contribution in [0, 0.1) is 0 Å². The van der Waals surface area contributed by atoms with Crippen molar-refractivity contribution in [3.05, 3.63) is 23.3 Å². The molecule has 0 radical (unpaired) electrons. The second kappa shape index (κ2) is 4.99. The number of allylic oxidation sites excluding steroid dienone is 1. The average molecular weight is 194 g/mol. The maximum Gasteiger partial charge on any atom is 0.333 e. The third-order valence-corrected chi connectivity index (χ3v) is 2.58. The largest absolute Gasteiger partial charge is 0.458 e. The Bertz CT molecular complexity index is 266. The fraction of sp³-hybridized carbons (Fsp3) is 0.583. The zero-order chi connectivity index (χ0) is 10.6. The molecule has 78 valence electrons. The van der Waals surface area contributed by atoms with Gasteiger partial charge in [0.2, 0.25) is 0 Å². The van der Waals surface area contributed by atoms with Crippen molar-refractivity contribution in [2.75, 3.05) is 6.61 Å². The summed E-state index contributed by atoms with van der Waals surface area (Å²) in [6, 6.07) is 0. The summed E-state index contributed by atoms with van der Waals surface area (Å²) in [5, 5.41) is 0. The maximum absolute atomic E-state index is 11.1. The van der Waals surface area contributed by atoms with Crippen molar-refractivity contribution in [2.45, 2.75) is 39.5 Å². The van der Waals surface area contributed by atoms with Crippen LogP contribution < -0.4 is 0 Å². The van der Waals surface area contributed by atoms with Gasteiger partial charge in [0.25, 0.3) is 0 Å². The summed E-state index contributed by atoms with van der Waals surface area (Å²) in [6.07, 6.45) is 4.91. The van der Waals surface area contributed by atoms with Crippen molar-refractivity contribution in [3.63, 3.8) is 0 Å². The molecule has 1 saturated carbocycles. The number of ether oxygens (including phenoxy) is 1. The first-order valence-corrected chi connectivity index (χ1v) is 5.11. The molecular formula is C12H18O2. The van der Waals surface area contributed by atoms with Crippen LogP contribution >= 0.6 is 0 Å². The topological polar surface area (TPSA) is 26.3 Å². The molecule has 0 aromatic carbocycles. The van der Waals surface area contributed by atoms with Crippen LogP contribution in [0.2, 0.25) is 0 Å². The monoisotopic (exact) mass is 194 g/mol. The molecule has 0 bridgehead atoms. The molecule has 1 aliphatic rings. The quantitative estimate of drug-likeness (QED) is 0.392. The number of esters is 1. The second-order valence-electron chi connectivity index (χ2n) is 3.95. The van der Waals surface area contributed by atoms with E-state index in [4.69, 9.17) is 4.74 Å². The molecule has 14 heavy (non-hydrogen) atoms. The first-order chi connectivity index (χ1) is 6.61. The minimum Gasteiger partial charge on any atom is -0.458 e. The van der Waals surface area contributed by atoms with Gasteiger partial charge in [0.05, 0.1) is 0 Å². The highest BCUT2D eigenvalue weighted by atomic mass is 16.5. The Balaban J connectivity index is 2.41. The molecule has 0 N–H and O–H groups in total. The van der Waals surface area contributed by atoms with Gasteiger partial charge in [0.1, 0.15) is 6.61 Å². The Kier molecular flexibility index (Phi) is 3.93. The molecule has 0 spiro atoms. The molecule has 2 nitrogen and oxygen atoms in total. The molecule has 0 atom stereocenters. The lowest BCUT2D eigenvalue weighted by Crippen LogP contribution is -2.07. The van der Waals surface area contributed by atoms with Crippen LogP contribution in [-0.4, -0.2) is 12.6 Å². The number of carbonyl (C=O) groups is 1. The van der Waals surface area contributed by atoms with Crippen LogP contribution in [0.1, 0.15) is 39.5 Å². The molecule has 1 aliphatic carbocycles. The highest BCUT2D eigenvalue weighted by Gasteiger charge is 2.11. The summed E-state index contributed by atoms with van der Waals surface area (Å²) in [5.74, 6) is -0.289. The maximum atomic E-state index is 11.1. The first kappa shape index (κ1) is 11.0. The van der Waals surface area contributed by atoms with Gasteiger partial charge < -0.3 is 4.74 Å². The van der Waals surface area contributed by atoms with Crippen LogP contribution in [0.3, 0.4) is 0 Å². The van der Waals surface area contributed by atoms with Gasteiger partial charge in [0, 0.05) is 5.57 Å². The van der Waals surface area contributed by atoms with Gasteiger partial charge in [-0.25, -0.2) is 4.79 Å². The van der Waals surface area contributed by atoms with Crippen LogP contribution in [0.4, 0.5) is 0 Å². The van der Waals surface area contributed by atoms with Gasteiger partial charge in [-0.3, -0.25) is 0 Å². The molecule has 2 heteroatoms. The normalized spacial score (nSPS) is 15.4. The summed E-state index contributed by atoms with van der Waals surface area (Å²) in [4.78, 5) is 11.1. The molecule has 0 amide bonds. The first-order valence-electron chi connectivity index (χ1n) is 5.11. The molecule has 0 aromatic rings. The van der Waals surface area contributed by atoms with E-state index in [9.17, 15) is 4.79 Å². The van der Waals surface area contributed by atoms with E-state index in [1.54, 1.807) is 6.92 Å². The summed E-state index contributed by atoms with van der Waals surface area (Å²) < 4.78 is 5.08. The second-order valence-corrected chi connectivity index (χ2v) is 3.95. The van der Waals surface area contributed by atoms with E-state index in [-0.39, 0.29) is 5.97 Å². The van der Waals surface area contributed by atoms with Crippen molar-refractivity contribution < 1.29 is 9.53 Å². The number of hydrogen-bond donors (Lipinski definition) is 0. The summed E-state index contributed by atoms with van der Waals surface area (Å²) >= 11 is 0. The minimum atomic E-state index is -0.289.